The normalized spacial score (nSPS) is 23.3. The highest BCUT2D eigenvalue weighted by atomic mass is 16.5. The number of benzene rings is 1. The molecule has 9 heteroatoms. The number of hydrogen-bond acceptors (Lipinski definition) is 7. The molecule has 1 fully saturated rings. The van der Waals surface area contributed by atoms with Gasteiger partial charge in [-0.25, -0.2) is 4.52 Å². The van der Waals surface area contributed by atoms with Crippen molar-refractivity contribution in [2.75, 3.05) is 32.7 Å². The van der Waals surface area contributed by atoms with E-state index in [1.807, 2.05) is 29.3 Å². The van der Waals surface area contributed by atoms with Crippen LogP contribution in [0.3, 0.4) is 0 Å². The molecular formula is C22H25N5O4. The predicted molar refractivity (Wildman–Crippen MR) is 114 cm³/mol. The minimum Gasteiger partial charge on any atom is -0.497 e. The Kier molecular flexibility index (Phi) is 4.90. The van der Waals surface area contributed by atoms with Crippen molar-refractivity contribution in [1.82, 2.24) is 19.5 Å². The van der Waals surface area contributed by atoms with Crippen LogP contribution in [0, 0.1) is 0 Å². The Morgan fingerprint density at radius 3 is 2.94 bits per heavy atom. The van der Waals surface area contributed by atoms with Crippen LogP contribution in [-0.4, -0.2) is 71.0 Å². The van der Waals surface area contributed by atoms with Crippen molar-refractivity contribution >= 4 is 17.2 Å². The molecule has 1 saturated heterocycles. The monoisotopic (exact) mass is 423 g/mol. The molecule has 0 spiro atoms. The quantitative estimate of drug-likeness (QED) is 0.676. The van der Waals surface area contributed by atoms with Crippen LogP contribution in [0.5, 0.6) is 11.6 Å². The van der Waals surface area contributed by atoms with E-state index in [1.54, 1.807) is 31.0 Å². The molecule has 31 heavy (non-hydrogen) atoms. The van der Waals surface area contributed by atoms with Gasteiger partial charge in [-0.1, -0.05) is 0 Å². The van der Waals surface area contributed by atoms with Gasteiger partial charge in [-0.15, -0.1) is 0 Å². The average Bonchev–Trinajstić information content (AvgIpc) is 3.32. The van der Waals surface area contributed by atoms with Crippen molar-refractivity contribution in [1.29, 1.82) is 0 Å². The highest BCUT2D eigenvalue weighted by molar-refractivity contribution is 5.84. The second-order valence-corrected chi connectivity index (χ2v) is 8.00. The van der Waals surface area contributed by atoms with Gasteiger partial charge in [0.15, 0.2) is 5.65 Å². The van der Waals surface area contributed by atoms with E-state index >= 15 is 0 Å². The fourth-order valence-electron chi connectivity index (χ4n) is 4.33. The number of nitrogens with one attached hydrogen (secondary N) is 1. The highest BCUT2D eigenvalue weighted by Crippen LogP contribution is 2.32. The smallest absolute Gasteiger partial charge is 0.252 e. The molecule has 2 aromatic heterocycles. The molecule has 3 atom stereocenters. The van der Waals surface area contributed by atoms with Crippen molar-refractivity contribution in [2.24, 2.45) is 0 Å². The molecule has 1 aromatic carbocycles. The number of amides is 1. The molecule has 2 aliphatic heterocycles. The molecule has 0 saturated carbocycles. The van der Waals surface area contributed by atoms with Crippen molar-refractivity contribution in [3.05, 3.63) is 36.7 Å². The summed E-state index contributed by atoms with van der Waals surface area (Å²) in [6.45, 7) is 2.94. The van der Waals surface area contributed by atoms with Crippen LogP contribution < -0.4 is 14.8 Å². The zero-order chi connectivity index (χ0) is 21.5. The third-order valence-electron chi connectivity index (χ3n) is 5.87. The lowest BCUT2D eigenvalue weighted by Gasteiger charge is -2.28. The number of hydrogen-bond donors (Lipinski definition) is 1. The largest absolute Gasteiger partial charge is 0.497 e. The molecule has 3 aromatic rings. The van der Waals surface area contributed by atoms with Crippen LogP contribution in [0.1, 0.15) is 13.3 Å². The molecule has 1 unspecified atom stereocenters. The Bertz CT molecular complexity index is 1130. The number of anilines is 1. The molecule has 2 aliphatic rings. The molecular weight excluding hydrogens is 398 g/mol. The first-order valence-corrected chi connectivity index (χ1v) is 10.3. The van der Waals surface area contributed by atoms with Crippen molar-refractivity contribution in [2.45, 2.75) is 31.5 Å². The highest BCUT2D eigenvalue weighted by Gasteiger charge is 2.40. The number of ether oxygens (including phenoxy) is 3. The SMILES string of the molecule is COc1cc2cc(c1)-c1cnn3ccc(nc13)OC[C@@H]1C[C@@H](OC)C(=O)N1CC(C)N2. The Labute approximate surface area is 179 Å². The Balaban J connectivity index is 1.61. The minimum absolute atomic E-state index is 0.00749. The summed E-state index contributed by atoms with van der Waals surface area (Å²) >= 11 is 0. The number of fused-ring (bicyclic) bond motifs is 5. The van der Waals surface area contributed by atoms with Crippen LogP contribution in [0.2, 0.25) is 0 Å². The summed E-state index contributed by atoms with van der Waals surface area (Å²) in [5, 5.41) is 7.93. The van der Waals surface area contributed by atoms with Crippen LogP contribution in [0.25, 0.3) is 16.8 Å². The molecule has 162 valence electrons. The van der Waals surface area contributed by atoms with Gasteiger partial charge in [0.05, 0.1) is 19.3 Å². The fourth-order valence-corrected chi connectivity index (χ4v) is 4.33. The Morgan fingerprint density at radius 2 is 2.13 bits per heavy atom. The number of aromatic nitrogens is 3. The first-order valence-electron chi connectivity index (χ1n) is 10.3. The maximum Gasteiger partial charge on any atom is 0.252 e. The first-order chi connectivity index (χ1) is 15.1. The summed E-state index contributed by atoms with van der Waals surface area (Å²) < 4.78 is 18.7. The summed E-state index contributed by atoms with van der Waals surface area (Å²) in [6, 6.07) is 7.64. The summed E-state index contributed by atoms with van der Waals surface area (Å²) in [6.07, 6.45) is 3.76. The summed E-state index contributed by atoms with van der Waals surface area (Å²) in [4.78, 5) is 19.4. The molecule has 0 radical (unpaired) electrons. The Morgan fingerprint density at radius 1 is 1.26 bits per heavy atom. The number of nitrogens with zero attached hydrogens (tertiary/aromatic N) is 4. The average molecular weight is 423 g/mol. The molecule has 1 N–H and O–H groups in total. The van der Waals surface area contributed by atoms with E-state index in [-0.39, 0.29) is 18.0 Å². The maximum absolute atomic E-state index is 12.9. The Hall–Kier alpha value is -3.33. The van der Waals surface area contributed by atoms with E-state index in [9.17, 15) is 4.79 Å². The zero-order valence-corrected chi connectivity index (χ0v) is 17.7. The van der Waals surface area contributed by atoms with Crippen LogP contribution in [-0.2, 0) is 9.53 Å². The molecule has 9 nitrogen and oxygen atoms in total. The van der Waals surface area contributed by atoms with E-state index in [0.29, 0.717) is 31.1 Å². The van der Waals surface area contributed by atoms with Gasteiger partial charge in [-0.3, -0.25) is 4.79 Å². The third-order valence-corrected chi connectivity index (χ3v) is 5.87. The van der Waals surface area contributed by atoms with E-state index in [2.05, 4.69) is 22.3 Å². The van der Waals surface area contributed by atoms with E-state index < -0.39 is 6.10 Å². The summed E-state index contributed by atoms with van der Waals surface area (Å²) in [5.74, 6) is 1.21. The second-order valence-electron chi connectivity index (χ2n) is 8.00. The van der Waals surface area contributed by atoms with Gasteiger partial charge >= 0.3 is 0 Å². The summed E-state index contributed by atoms with van der Waals surface area (Å²) in [7, 11) is 3.21. The minimum atomic E-state index is -0.447. The standard InChI is InChI=1S/C22H25N5O4/c1-13-11-26-16(9-19(30-3)22(26)28)12-31-20-4-5-27-21(25-20)18(10-23-27)14-6-15(24-13)8-17(7-14)29-2/h4-8,10,13,16,19,24H,9,11-12H2,1-3H3/t13?,16-,19+/m0/s1. The van der Waals surface area contributed by atoms with E-state index in [1.165, 1.54) is 0 Å². The molecule has 5 rings (SSSR count). The van der Waals surface area contributed by atoms with Gasteiger partial charge < -0.3 is 24.4 Å². The number of methoxy groups -OCH3 is 2. The second kappa shape index (κ2) is 7.73. The fraction of sp³-hybridized carbons (Fsp3) is 0.409. The van der Waals surface area contributed by atoms with Crippen LogP contribution >= 0.6 is 0 Å². The van der Waals surface area contributed by atoms with Crippen molar-refractivity contribution in [3.63, 3.8) is 0 Å². The third kappa shape index (κ3) is 3.54. The number of carbonyl (C=O) groups excluding carboxylic acids is 1. The molecule has 1 amide bonds. The molecule has 4 bridgehead atoms. The van der Waals surface area contributed by atoms with Gasteiger partial charge in [-0.05, 0) is 24.6 Å². The van der Waals surface area contributed by atoms with Gasteiger partial charge in [0.2, 0.25) is 5.88 Å². The van der Waals surface area contributed by atoms with Gasteiger partial charge in [0.25, 0.3) is 5.91 Å². The van der Waals surface area contributed by atoms with Gasteiger partial charge in [0.1, 0.15) is 18.5 Å². The zero-order valence-electron chi connectivity index (χ0n) is 17.7. The van der Waals surface area contributed by atoms with E-state index in [4.69, 9.17) is 14.2 Å². The van der Waals surface area contributed by atoms with Crippen molar-refractivity contribution < 1.29 is 19.0 Å². The lowest BCUT2D eigenvalue weighted by Crippen LogP contribution is -2.44. The maximum atomic E-state index is 12.9. The molecule has 4 heterocycles. The number of carbonyl (C=O) groups is 1. The van der Waals surface area contributed by atoms with Crippen LogP contribution in [0.4, 0.5) is 5.69 Å². The van der Waals surface area contributed by atoms with E-state index in [0.717, 1.165) is 22.6 Å². The topological polar surface area (TPSA) is 90.2 Å². The van der Waals surface area contributed by atoms with Crippen molar-refractivity contribution in [3.8, 4) is 22.8 Å². The lowest BCUT2D eigenvalue weighted by atomic mass is 10.1. The van der Waals surface area contributed by atoms with Crippen LogP contribution in [0.15, 0.2) is 36.7 Å². The molecule has 0 aliphatic carbocycles. The summed E-state index contributed by atoms with van der Waals surface area (Å²) in [5.41, 5.74) is 3.41. The lowest BCUT2D eigenvalue weighted by molar-refractivity contribution is -0.137. The van der Waals surface area contributed by atoms with Gasteiger partial charge in [-0.2, -0.15) is 10.1 Å². The first kappa shape index (κ1) is 19.6. The predicted octanol–water partition coefficient (Wildman–Crippen LogP) is 2.21. The number of rotatable bonds is 2. The van der Waals surface area contributed by atoms with Gasteiger partial charge in [0, 0.05) is 55.7 Å².